The number of nitrogens with two attached hydrogens (primary N) is 1. The van der Waals surface area contributed by atoms with Gasteiger partial charge in [-0.05, 0) is 31.6 Å². The molecule has 116 valence electrons. The van der Waals surface area contributed by atoms with Crippen LogP contribution in [-0.2, 0) is 4.79 Å². The highest BCUT2D eigenvalue weighted by Gasteiger charge is 2.29. The summed E-state index contributed by atoms with van der Waals surface area (Å²) in [6, 6.07) is 0.307. The van der Waals surface area contributed by atoms with E-state index in [9.17, 15) is 4.79 Å². The van der Waals surface area contributed by atoms with Gasteiger partial charge in [-0.25, -0.2) is 0 Å². The van der Waals surface area contributed by atoms with Gasteiger partial charge in [-0.2, -0.15) is 0 Å². The van der Waals surface area contributed by atoms with Crippen molar-refractivity contribution >= 4 is 5.91 Å². The monoisotopic (exact) mass is 280 g/mol. The number of amides is 1. The summed E-state index contributed by atoms with van der Waals surface area (Å²) in [4.78, 5) is 14.8. The Hall–Kier alpha value is -0.570. The Morgan fingerprint density at radius 1 is 1.15 bits per heavy atom. The van der Waals surface area contributed by atoms with Gasteiger partial charge in [-0.3, -0.25) is 4.79 Å². The van der Waals surface area contributed by atoms with Crippen molar-refractivity contribution < 1.29 is 4.79 Å². The van der Waals surface area contributed by atoms with Gasteiger partial charge < -0.3 is 10.6 Å². The van der Waals surface area contributed by atoms with Crippen LogP contribution >= 0.6 is 0 Å². The van der Waals surface area contributed by atoms with E-state index in [4.69, 9.17) is 5.73 Å². The van der Waals surface area contributed by atoms with Gasteiger partial charge in [0, 0.05) is 25.0 Å². The minimum atomic E-state index is 0.275. The fraction of sp³-hybridized carbons (Fsp3) is 0.941. The summed E-state index contributed by atoms with van der Waals surface area (Å²) in [6.07, 6.45) is 12.1. The van der Waals surface area contributed by atoms with Crippen molar-refractivity contribution in [3.63, 3.8) is 0 Å². The minimum absolute atomic E-state index is 0.275. The maximum atomic E-state index is 12.8. The molecular formula is C17H32N2O. The van der Waals surface area contributed by atoms with Crippen LogP contribution in [0.25, 0.3) is 0 Å². The Kier molecular flexibility index (Phi) is 6.34. The minimum Gasteiger partial charge on any atom is -0.342 e. The average molecular weight is 280 g/mol. The summed E-state index contributed by atoms with van der Waals surface area (Å²) in [7, 11) is 0. The summed E-state index contributed by atoms with van der Waals surface area (Å²) >= 11 is 0. The molecule has 1 heterocycles. The second-order valence-corrected chi connectivity index (χ2v) is 6.89. The number of hydrogen-bond acceptors (Lipinski definition) is 2. The lowest BCUT2D eigenvalue weighted by Gasteiger charge is -2.34. The molecule has 2 aliphatic rings. The van der Waals surface area contributed by atoms with Crippen molar-refractivity contribution in [2.75, 3.05) is 13.1 Å². The molecule has 1 saturated carbocycles. The second-order valence-electron chi connectivity index (χ2n) is 6.89. The van der Waals surface area contributed by atoms with Gasteiger partial charge >= 0.3 is 0 Å². The van der Waals surface area contributed by atoms with Crippen LogP contribution in [0.15, 0.2) is 0 Å². The van der Waals surface area contributed by atoms with Crippen molar-refractivity contribution in [1.82, 2.24) is 4.90 Å². The second kappa shape index (κ2) is 8.02. The van der Waals surface area contributed by atoms with Crippen molar-refractivity contribution in [3.8, 4) is 0 Å². The van der Waals surface area contributed by atoms with Gasteiger partial charge in [0.25, 0.3) is 0 Å². The normalized spacial score (nSPS) is 23.8. The van der Waals surface area contributed by atoms with Crippen LogP contribution in [-0.4, -0.2) is 29.9 Å². The highest BCUT2D eigenvalue weighted by molar-refractivity contribution is 5.79. The third kappa shape index (κ3) is 4.47. The van der Waals surface area contributed by atoms with E-state index in [0.717, 1.165) is 51.1 Å². The summed E-state index contributed by atoms with van der Waals surface area (Å²) in [5.74, 6) is 1.50. The largest absolute Gasteiger partial charge is 0.342 e. The Morgan fingerprint density at radius 3 is 2.40 bits per heavy atom. The molecule has 1 aliphatic heterocycles. The number of carbonyl (C=O) groups is 1. The van der Waals surface area contributed by atoms with Gasteiger partial charge in [0.05, 0.1) is 0 Å². The number of likely N-dealkylation sites (tertiary alicyclic amines) is 1. The average Bonchev–Trinajstić information content (AvgIpc) is 2.48. The van der Waals surface area contributed by atoms with Crippen LogP contribution in [0, 0.1) is 11.8 Å². The molecule has 1 aliphatic carbocycles. The van der Waals surface area contributed by atoms with Crippen molar-refractivity contribution in [3.05, 3.63) is 0 Å². The first-order valence-corrected chi connectivity index (χ1v) is 8.75. The van der Waals surface area contributed by atoms with E-state index in [0.29, 0.717) is 11.9 Å². The molecule has 3 heteroatoms. The molecule has 2 N–H and O–H groups in total. The molecule has 1 unspecified atom stereocenters. The molecule has 0 aromatic carbocycles. The van der Waals surface area contributed by atoms with E-state index in [1.54, 1.807) is 0 Å². The standard InChI is InChI=1S/C17H32N2O/c1-2-6-15(13-14-7-4-3-5-8-14)17(20)19-11-9-16(18)10-12-19/h14-16H,2-13,18H2,1H3. The zero-order valence-corrected chi connectivity index (χ0v) is 13.2. The molecule has 20 heavy (non-hydrogen) atoms. The maximum absolute atomic E-state index is 12.8. The van der Waals surface area contributed by atoms with E-state index in [2.05, 4.69) is 11.8 Å². The summed E-state index contributed by atoms with van der Waals surface area (Å²) < 4.78 is 0. The number of carbonyl (C=O) groups excluding carboxylic acids is 1. The number of piperidine rings is 1. The molecule has 0 aromatic rings. The van der Waals surface area contributed by atoms with Crippen molar-refractivity contribution in [2.24, 2.45) is 17.6 Å². The Bertz CT molecular complexity index is 291. The lowest BCUT2D eigenvalue weighted by atomic mass is 9.81. The fourth-order valence-corrected chi connectivity index (χ4v) is 3.89. The molecule has 1 atom stereocenters. The van der Waals surface area contributed by atoms with E-state index in [1.807, 2.05) is 0 Å². The third-order valence-corrected chi connectivity index (χ3v) is 5.18. The van der Waals surface area contributed by atoms with Gasteiger partial charge in [-0.1, -0.05) is 45.4 Å². The van der Waals surface area contributed by atoms with Gasteiger partial charge in [0.1, 0.15) is 0 Å². The topological polar surface area (TPSA) is 46.3 Å². The predicted molar refractivity (Wildman–Crippen MR) is 83.4 cm³/mol. The predicted octanol–water partition coefficient (Wildman–Crippen LogP) is 3.32. The quantitative estimate of drug-likeness (QED) is 0.839. The fourth-order valence-electron chi connectivity index (χ4n) is 3.89. The van der Waals surface area contributed by atoms with Crippen LogP contribution in [0.4, 0.5) is 0 Å². The number of hydrogen-bond donors (Lipinski definition) is 1. The van der Waals surface area contributed by atoms with E-state index in [1.165, 1.54) is 32.1 Å². The molecule has 3 nitrogen and oxygen atoms in total. The van der Waals surface area contributed by atoms with Crippen molar-refractivity contribution in [1.29, 1.82) is 0 Å². The Labute approximate surface area is 124 Å². The number of rotatable bonds is 5. The molecule has 0 spiro atoms. The van der Waals surface area contributed by atoms with Crippen LogP contribution in [0.3, 0.4) is 0 Å². The molecule has 1 saturated heterocycles. The Morgan fingerprint density at radius 2 is 1.80 bits per heavy atom. The number of nitrogens with zero attached hydrogens (tertiary/aromatic N) is 1. The summed E-state index contributed by atoms with van der Waals surface area (Å²) in [5.41, 5.74) is 5.94. The van der Waals surface area contributed by atoms with Gasteiger partial charge in [0.15, 0.2) is 0 Å². The molecule has 1 amide bonds. The molecule has 0 bridgehead atoms. The molecule has 2 rings (SSSR count). The first kappa shape index (κ1) is 15.8. The van der Waals surface area contributed by atoms with Gasteiger partial charge in [-0.15, -0.1) is 0 Å². The third-order valence-electron chi connectivity index (χ3n) is 5.18. The van der Waals surface area contributed by atoms with Crippen LogP contribution in [0.2, 0.25) is 0 Å². The molecular weight excluding hydrogens is 248 g/mol. The highest BCUT2D eigenvalue weighted by atomic mass is 16.2. The Balaban J connectivity index is 1.87. The first-order chi connectivity index (χ1) is 9.70. The maximum Gasteiger partial charge on any atom is 0.225 e. The summed E-state index contributed by atoms with van der Waals surface area (Å²) in [6.45, 7) is 3.96. The van der Waals surface area contributed by atoms with E-state index < -0.39 is 0 Å². The van der Waals surface area contributed by atoms with E-state index >= 15 is 0 Å². The smallest absolute Gasteiger partial charge is 0.225 e. The summed E-state index contributed by atoms with van der Waals surface area (Å²) in [5, 5.41) is 0. The van der Waals surface area contributed by atoms with Crippen LogP contribution < -0.4 is 5.73 Å². The van der Waals surface area contributed by atoms with Gasteiger partial charge in [0.2, 0.25) is 5.91 Å². The molecule has 2 fully saturated rings. The first-order valence-electron chi connectivity index (χ1n) is 8.75. The molecule has 0 aromatic heterocycles. The highest BCUT2D eigenvalue weighted by Crippen LogP contribution is 2.31. The lowest BCUT2D eigenvalue weighted by Crippen LogP contribution is -2.45. The zero-order valence-electron chi connectivity index (χ0n) is 13.2. The molecule has 0 radical (unpaired) electrons. The zero-order chi connectivity index (χ0) is 14.4. The lowest BCUT2D eigenvalue weighted by molar-refractivity contribution is -0.137. The SMILES string of the molecule is CCCC(CC1CCCCC1)C(=O)N1CCC(N)CC1. The van der Waals surface area contributed by atoms with Crippen LogP contribution in [0.1, 0.15) is 71.1 Å². The van der Waals surface area contributed by atoms with E-state index in [-0.39, 0.29) is 5.92 Å². The van der Waals surface area contributed by atoms with Crippen molar-refractivity contribution in [2.45, 2.75) is 77.2 Å². The van der Waals surface area contributed by atoms with Crippen LogP contribution in [0.5, 0.6) is 0 Å².